The first-order chi connectivity index (χ1) is 10.0. The van der Waals surface area contributed by atoms with Crippen molar-refractivity contribution in [3.63, 3.8) is 0 Å². The van der Waals surface area contributed by atoms with Crippen LogP contribution in [0.2, 0.25) is 0 Å². The molecule has 0 fully saturated rings. The fourth-order valence-corrected chi connectivity index (χ4v) is 2.05. The average Bonchev–Trinajstić information content (AvgIpc) is 2.42. The smallest absolute Gasteiger partial charge is 0.340 e. The summed E-state index contributed by atoms with van der Waals surface area (Å²) in [5, 5.41) is 3.05. The number of halogens is 1. The Morgan fingerprint density at radius 3 is 2.71 bits per heavy atom. The Balaban J connectivity index is 3.00. The quantitative estimate of drug-likeness (QED) is 0.570. The van der Waals surface area contributed by atoms with Crippen molar-refractivity contribution in [2.75, 3.05) is 31.4 Å². The number of hydrogen-bond acceptors (Lipinski definition) is 5. The van der Waals surface area contributed by atoms with Gasteiger partial charge in [0.2, 0.25) is 0 Å². The molecule has 0 radical (unpaired) electrons. The van der Waals surface area contributed by atoms with Crippen LogP contribution in [0.15, 0.2) is 12.1 Å². The SMILES string of the molecule is CCCC(COC)Nc1cc(C(=O)OCC)c(N)cc1F. The molecular formula is C15H23FN2O3. The first-order valence-corrected chi connectivity index (χ1v) is 7.05. The lowest BCUT2D eigenvalue weighted by Gasteiger charge is -2.20. The van der Waals surface area contributed by atoms with E-state index in [0.29, 0.717) is 6.61 Å². The van der Waals surface area contributed by atoms with E-state index in [9.17, 15) is 9.18 Å². The highest BCUT2D eigenvalue weighted by Gasteiger charge is 2.17. The maximum absolute atomic E-state index is 14.0. The summed E-state index contributed by atoms with van der Waals surface area (Å²) in [4.78, 5) is 11.8. The molecule has 0 saturated heterocycles. The first-order valence-electron chi connectivity index (χ1n) is 7.05. The van der Waals surface area contributed by atoms with Crippen molar-refractivity contribution < 1.29 is 18.7 Å². The van der Waals surface area contributed by atoms with Crippen LogP contribution >= 0.6 is 0 Å². The zero-order chi connectivity index (χ0) is 15.8. The summed E-state index contributed by atoms with van der Waals surface area (Å²) < 4.78 is 24.0. The molecule has 1 rings (SSSR count). The second-order valence-electron chi connectivity index (χ2n) is 4.73. The van der Waals surface area contributed by atoms with Crippen molar-refractivity contribution in [3.8, 4) is 0 Å². The topological polar surface area (TPSA) is 73.6 Å². The predicted octanol–water partition coefficient (Wildman–Crippen LogP) is 2.81. The molecule has 0 aliphatic rings. The predicted molar refractivity (Wildman–Crippen MR) is 81.0 cm³/mol. The van der Waals surface area contributed by atoms with Crippen molar-refractivity contribution >= 4 is 17.3 Å². The Bertz CT molecular complexity index is 474. The van der Waals surface area contributed by atoms with Crippen LogP contribution in [0.3, 0.4) is 0 Å². The highest BCUT2D eigenvalue weighted by molar-refractivity contribution is 5.96. The lowest BCUT2D eigenvalue weighted by atomic mass is 10.1. The Hall–Kier alpha value is -1.82. The third-order valence-corrected chi connectivity index (χ3v) is 3.00. The van der Waals surface area contributed by atoms with Gasteiger partial charge in [-0.3, -0.25) is 0 Å². The normalized spacial score (nSPS) is 12.0. The number of nitrogen functional groups attached to an aromatic ring is 1. The lowest BCUT2D eigenvalue weighted by molar-refractivity contribution is 0.0527. The van der Waals surface area contributed by atoms with Crippen molar-refractivity contribution in [2.24, 2.45) is 0 Å². The van der Waals surface area contributed by atoms with E-state index in [4.69, 9.17) is 15.2 Å². The molecule has 0 amide bonds. The van der Waals surface area contributed by atoms with Crippen molar-refractivity contribution in [1.29, 1.82) is 0 Å². The van der Waals surface area contributed by atoms with Gasteiger partial charge in [-0.25, -0.2) is 9.18 Å². The monoisotopic (exact) mass is 298 g/mol. The summed E-state index contributed by atoms with van der Waals surface area (Å²) in [5.41, 5.74) is 6.13. The minimum Gasteiger partial charge on any atom is -0.462 e. The van der Waals surface area contributed by atoms with Crippen LogP contribution in [0.25, 0.3) is 0 Å². The van der Waals surface area contributed by atoms with Crippen molar-refractivity contribution in [1.82, 2.24) is 0 Å². The molecule has 0 bridgehead atoms. The molecule has 6 heteroatoms. The van der Waals surface area contributed by atoms with Crippen LogP contribution < -0.4 is 11.1 Å². The molecule has 3 N–H and O–H groups in total. The van der Waals surface area contributed by atoms with E-state index in [-0.39, 0.29) is 29.6 Å². The minimum atomic E-state index is -0.558. The summed E-state index contributed by atoms with van der Waals surface area (Å²) in [7, 11) is 1.59. The van der Waals surface area contributed by atoms with Gasteiger partial charge in [-0.05, 0) is 25.5 Å². The summed E-state index contributed by atoms with van der Waals surface area (Å²) in [6.07, 6.45) is 1.76. The van der Waals surface area contributed by atoms with Gasteiger partial charge in [0.1, 0.15) is 5.82 Å². The molecule has 0 aliphatic heterocycles. The van der Waals surface area contributed by atoms with E-state index >= 15 is 0 Å². The van der Waals surface area contributed by atoms with Crippen LogP contribution in [0.4, 0.5) is 15.8 Å². The molecule has 118 valence electrons. The molecule has 1 aromatic carbocycles. The molecule has 5 nitrogen and oxygen atoms in total. The van der Waals surface area contributed by atoms with Crippen LogP contribution in [0.5, 0.6) is 0 Å². The van der Waals surface area contributed by atoms with Gasteiger partial charge >= 0.3 is 5.97 Å². The average molecular weight is 298 g/mol. The molecule has 1 atom stereocenters. The zero-order valence-corrected chi connectivity index (χ0v) is 12.7. The Labute approximate surface area is 124 Å². The standard InChI is InChI=1S/C15H23FN2O3/c1-4-6-10(9-20-3)18-14-7-11(15(19)21-5-2)13(17)8-12(14)16/h7-8,10,18H,4-6,9,17H2,1-3H3. The first kappa shape index (κ1) is 17.2. The molecule has 0 spiro atoms. The molecule has 0 aliphatic carbocycles. The van der Waals surface area contributed by atoms with Crippen LogP contribution in [0.1, 0.15) is 37.0 Å². The van der Waals surface area contributed by atoms with Gasteiger partial charge in [0, 0.05) is 18.8 Å². The Kier molecular flexibility index (Phi) is 6.94. The summed E-state index contributed by atoms with van der Waals surface area (Å²) >= 11 is 0. The molecule has 1 aromatic rings. The molecule has 0 saturated carbocycles. The van der Waals surface area contributed by atoms with Gasteiger partial charge in [0.25, 0.3) is 0 Å². The maximum atomic E-state index is 14.0. The number of hydrogen-bond donors (Lipinski definition) is 2. The molecule has 0 aromatic heterocycles. The van der Waals surface area contributed by atoms with E-state index in [1.54, 1.807) is 14.0 Å². The van der Waals surface area contributed by atoms with E-state index < -0.39 is 11.8 Å². The third-order valence-electron chi connectivity index (χ3n) is 3.00. The number of nitrogens with two attached hydrogens (primary N) is 1. The maximum Gasteiger partial charge on any atom is 0.340 e. The summed E-state index contributed by atoms with van der Waals surface area (Å²) in [6.45, 7) is 4.42. The second-order valence-corrected chi connectivity index (χ2v) is 4.73. The highest BCUT2D eigenvalue weighted by atomic mass is 19.1. The second kappa shape index (κ2) is 8.46. The number of rotatable bonds is 8. The van der Waals surface area contributed by atoms with Gasteiger partial charge in [-0.15, -0.1) is 0 Å². The van der Waals surface area contributed by atoms with Gasteiger partial charge in [-0.2, -0.15) is 0 Å². The molecule has 21 heavy (non-hydrogen) atoms. The number of ether oxygens (including phenoxy) is 2. The van der Waals surface area contributed by atoms with E-state index in [1.165, 1.54) is 6.07 Å². The molecule has 1 unspecified atom stereocenters. The zero-order valence-electron chi connectivity index (χ0n) is 12.7. The number of nitrogens with one attached hydrogen (secondary N) is 1. The van der Waals surface area contributed by atoms with Crippen LogP contribution in [-0.2, 0) is 9.47 Å². The van der Waals surface area contributed by atoms with Crippen LogP contribution in [0, 0.1) is 5.82 Å². The Morgan fingerprint density at radius 1 is 1.43 bits per heavy atom. The van der Waals surface area contributed by atoms with Gasteiger partial charge in [-0.1, -0.05) is 13.3 Å². The largest absolute Gasteiger partial charge is 0.462 e. The number of carbonyl (C=O) groups excluding carboxylic acids is 1. The number of esters is 1. The van der Waals surface area contributed by atoms with Gasteiger partial charge in [0.05, 0.1) is 24.5 Å². The number of benzene rings is 1. The minimum absolute atomic E-state index is 0.0341. The number of anilines is 2. The van der Waals surface area contributed by atoms with E-state index in [0.717, 1.165) is 18.9 Å². The van der Waals surface area contributed by atoms with Crippen molar-refractivity contribution in [2.45, 2.75) is 32.7 Å². The summed E-state index contributed by atoms with van der Waals surface area (Å²) in [6, 6.07) is 2.49. The highest BCUT2D eigenvalue weighted by Crippen LogP contribution is 2.24. The summed E-state index contributed by atoms with van der Waals surface area (Å²) in [5.74, 6) is -1.06. The molecular weight excluding hydrogens is 275 g/mol. The third kappa shape index (κ3) is 4.90. The lowest BCUT2D eigenvalue weighted by Crippen LogP contribution is -2.25. The fraction of sp³-hybridized carbons (Fsp3) is 0.533. The molecule has 0 heterocycles. The van der Waals surface area contributed by atoms with E-state index in [2.05, 4.69) is 5.32 Å². The number of carbonyl (C=O) groups is 1. The van der Waals surface area contributed by atoms with Crippen molar-refractivity contribution in [3.05, 3.63) is 23.5 Å². The van der Waals surface area contributed by atoms with Crippen LogP contribution in [-0.4, -0.2) is 32.3 Å². The number of methoxy groups -OCH3 is 1. The van der Waals surface area contributed by atoms with Gasteiger partial charge in [0.15, 0.2) is 0 Å². The fourth-order valence-electron chi connectivity index (χ4n) is 2.05. The van der Waals surface area contributed by atoms with Gasteiger partial charge < -0.3 is 20.5 Å². The van der Waals surface area contributed by atoms with E-state index in [1.807, 2.05) is 6.92 Å². The Morgan fingerprint density at radius 2 is 2.14 bits per heavy atom.